The summed E-state index contributed by atoms with van der Waals surface area (Å²) in [4.78, 5) is 32.9. The van der Waals surface area contributed by atoms with Crippen LogP contribution in [0.3, 0.4) is 0 Å². The Bertz CT molecular complexity index is 1530. The molecule has 3 aromatic carbocycles. The molecule has 1 unspecified atom stereocenters. The van der Waals surface area contributed by atoms with Crippen molar-refractivity contribution < 1.29 is 19.4 Å². The molecule has 0 saturated carbocycles. The molecule has 1 atom stereocenters. The van der Waals surface area contributed by atoms with Crippen LogP contribution in [-0.2, 0) is 9.59 Å². The number of rotatable bonds is 8. The van der Waals surface area contributed by atoms with Crippen molar-refractivity contribution in [1.29, 1.82) is 0 Å². The predicted molar refractivity (Wildman–Crippen MR) is 152 cm³/mol. The average molecular weight is 547 g/mol. The van der Waals surface area contributed by atoms with Crippen LogP contribution in [0, 0.1) is 6.92 Å². The number of carbonyl (C=O) groups is 2. The fourth-order valence-electron chi connectivity index (χ4n) is 4.49. The zero-order chi connectivity index (χ0) is 26.8. The molecule has 0 radical (unpaired) electrons. The summed E-state index contributed by atoms with van der Waals surface area (Å²) in [6, 6.07) is 18.9. The fraction of sp³-hybridized carbons (Fsp3) is 0.233. The van der Waals surface area contributed by atoms with Gasteiger partial charge in [0, 0.05) is 10.6 Å². The first-order valence-electron chi connectivity index (χ1n) is 12.5. The zero-order valence-electron chi connectivity index (χ0n) is 21.1. The Hall–Kier alpha value is -3.68. The van der Waals surface area contributed by atoms with Crippen molar-refractivity contribution in [3.63, 3.8) is 0 Å². The van der Waals surface area contributed by atoms with Crippen LogP contribution in [0.15, 0.2) is 72.3 Å². The molecule has 1 amide bonds. The van der Waals surface area contributed by atoms with E-state index in [4.69, 9.17) is 16.3 Å². The average Bonchev–Trinajstić information content (AvgIpc) is 3.44. The molecule has 194 valence electrons. The maximum Gasteiger partial charge on any atom is 0.301 e. The Morgan fingerprint density at radius 1 is 1.05 bits per heavy atom. The van der Waals surface area contributed by atoms with Gasteiger partial charge in [0.15, 0.2) is 5.13 Å². The highest BCUT2D eigenvalue weighted by molar-refractivity contribution is 7.22. The molecule has 0 aliphatic carbocycles. The van der Waals surface area contributed by atoms with E-state index < -0.39 is 17.7 Å². The van der Waals surface area contributed by atoms with Crippen LogP contribution in [0.4, 0.5) is 5.13 Å². The molecule has 1 aliphatic heterocycles. The van der Waals surface area contributed by atoms with Gasteiger partial charge in [0.2, 0.25) is 0 Å². The number of anilines is 1. The molecule has 4 aromatic rings. The topological polar surface area (TPSA) is 79.7 Å². The van der Waals surface area contributed by atoms with Gasteiger partial charge in [-0.25, -0.2) is 4.98 Å². The second kappa shape index (κ2) is 11.0. The molecule has 38 heavy (non-hydrogen) atoms. The Balaban J connectivity index is 1.60. The minimum absolute atomic E-state index is 0.0211. The highest BCUT2D eigenvalue weighted by Crippen LogP contribution is 2.44. The molecule has 1 aromatic heterocycles. The van der Waals surface area contributed by atoms with Crippen LogP contribution >= 0.6 is 22.9 Å². The molecule has 8 heteroatoms. The second-order valence-corrected chi connectivity index (χ2v) is 10.7. The predicted octanol–water partition coefficient (Wildman–Crippen LogP) is 7.45. The van der Waals surface area contributed by atoms with Gasteiger partial charge in [0.1, 0.15) is 11.5 Å². The fourth-order valence-corrected chi connectivity index (χ4v) is 5.76. The van der Waals surface area contributed by atoms with Gasteiger partial charge in [0.25, 0.3) is 5.78 Å². The van der Waals surface area contributed by atoms with Crippen molar-refractivity contribution in [3.8, 4) is 5.75 Å². The first kappa shape index (κ1) is 25.9. The third-order valence-electron chi connectivity index (χ3n) is 6.53. The first-order valence-corrected chi connectivity index (χ1v) is 13.7. The number of ether oxygens (including phenoxy) is 1. The summed E-state index contributed by atoms with van der Waals surface area (Å²) in [5.74, 6) is -1.02. The highest BCUT2D eigenvalue weighted by atomic mass is 35.5. The van der Waals surface area contributed by atoms with E-state index in [9.17, 15) is 14.7 Å². The third kappa shape index (κ3) is 5.04. The summed E-state index contributed by atoms with van der Waals surface area (Å²) in [6.07, 6.45) is 3.18. The lowest BCUT2D eigenvalue weighted by atomic mass is 9.95. The van der Waals surface area contributed by atoms with Crippen molar-refractivity contribution in [2.75, 3.05) is 11.5 Å². The number of thiazole rings is 1. The molecule has 5 rings (SSSR count). The van der Waals surface area contributed by atoms with Crippen molar-refractivity contribution in [1.82, 2.24) is 4.98 Å². The lowest BCUT2D eigenvalue weighted by molar-refractivity contribution is -0.132. The van der Waals surface area contributed by atoms with Crippen LogP contribution in [0.1, 0.15) is 48.9 Å². The van der Waals surface area contributed by atoms with Gasteiger partial charge in [-0.05, 0) is 49.2 Å². The van der Waals surface area contributed by atoms with Gasteiger partial charge in [0.05, 0.1) is 28.4 Å². The first-order chi connectivity index (χ1) is 18.4. The van der Waals surface area contributed by atoms with Gasteiger partial charge in [-0.15, -0.1) is 0 Å². The molecule has 1 aliphatic rings. The van der Waals surface area contributed by atoms with E-state index >= 15 is 0 Å². The number of aryl methyl sites for hydroxylation is 1. The number of halogens is 1. The molecule has 0 spiro atoms. The summed E-state index contributed by atoms with van der Waals surface area (Å²) in [5, 5.41) is 12.2. The zero-order valence-corrected chi connectivity index (χ0v) is 22.7. The number of ketones is 1. The molecule has 2 heterocycles. The van der Waals surface area contributed by atoms with Crippen LogP contribution in [0.5, 0.6) is 5.75 Å². The van der Waals surface area contributed by atoms with Crippen molar-refractivity contribution in [2.24, 2.45) is 0 Å². The van der Waals surface area contributed by atoms with E-state index in [1.165, 1.54) is 16.2 Å². The normalized spacial score (nSPS) is 16.9. The smallest absolute Gasteiger partial charge is 0.301 e. The van der Waals surface area contributed by atoms with Crippen LogP contribution < -0.4 is 9.64 Å². The molecular weight excluding hydrogens is 520 g/mol. The molecule has 0 bridgehead atoms. The number of aromatic nitrogens is 1. The molecule has 1 fully saturated rings. The van der Waals surface area contributed by atoms with E-state index in [0.717, 1.165) is 29.5 Å². The lowest BCUT2D eigenvalue weighted by Crippen LogP contribution is -2.29. The monoisotopic (exact) mass is 546 g/mol. The number of nitrogens with zero attached hydrogens (tertiary/aromatic N) is 2. The molecule has 6 nitrogen and oxygen atoms in total. The maximum absolute atomic E-state index is 13.5. The largest absolute Gasteiger partial charge is 0.507 e. The van der Waals surface area contributed by atoms with Gasteiger partial charge in [-0.2, -0.15) is 0 Å². The number of carbonyl (C=O) groups excluding carboxylic acids is 2. The summed E-state index contributed by atoms with van der Waals surface area (Å²) in [5.41, 5.74) is 2.83. The highest BCUT2D eigenvalue weighted by Gasteiger charge is 2.48. The Kier molecular flexibility index (Phi) is 7.49. The van der Waals surface area contributed by atoms with E-state index in [1.807, 2.05) is 43.3 Å². The minimum Gasteiger partial charge on any atom is -0.507 e. The minimum atomic E-state index is -0.860. The number of hydrogen-bond acceptors (Lipinski definition) is 6. The number of Topliss-reactive ketones (excluding diaryl/α,β-unsaturated/α-hetero) is 1. The lowest BCUT2D eigenvalue weighted by Gasteiger charge is -2.23. The van der Waals surface area contributed by atoms with E-state index in [1.54, 1.807) is 30.3 Å². The number of aliphatic hydroxyl groups is 1. The van der Waals surface area contributed by atoms with Crippen LogP contribution in [0.25, 0.3) is 16.0 Å². The van der Waals surface area contributed by atoms with Crippen LogP contribution in [0.2, 0.25) is 5.02 Å². The Labute approximate surface area is 230 Å². The van der Waals surface area contributed by atoms with Crippen molar-refractivity contribution in [3.05, 3.63) is 94.0 Å². The van der Waals surface area contributed by atoms with E-state index in [2.05, 4.69) is 11.9 Å². The second-order valence-electron chi connectivity index (χ2n) is 9.27. The summed E-state index contributed by atoms with van der Waals surface area (Å²) >= 11 is 7.44. The number of aliphatic hydroxyl groups excluding tert-OH is 1. The quantitative estimate of drug-likeness (QED) is 0.107. The standard InChI is InChI=1S/C30H27ClN2O4S/c1-3-4-5-16-37-22-13-10-19(11-14-22)26-25(27(34)20-8-6-18(2)7-9-20)28(35)29(36)33(26)30-32-23-15-12-21(31)17-24(23)38-30/h6-15,17,26,34H,3-5,16H2,1-2H3/b27-25+. The van der Waals surface area contributed by atoms with E-state index in [0.29, 0.717) is 39.2 Å². The SMILES string of the molecule is CCCCCOc1ccc(C2/C(=C(\O)c3ccc(C)cc3)C(=O)C(=O)N2c2nc3ccc(Cl)cc3s2)cc1. The van der Waals surface area contributed by atoms with Crippen LogP contribution in [-0.4, -0.2) is 28.4 Å². The number of hydrogen-bond donors (Lipinski definition) is 1. The summed E-state index contributed by atoms with van der Waals surface area (Å²) in [6.45, 7) is 4.70. The maximum atomic E-state index is 13.5. The van der Waals surface area contributed by atoms with Gasteiger partial charge in [-0.1, -0.05) is 84.7 Å². The van der Waals surface area contributed by atoms with Gasteiger partial charge >= 0.3 is 5.91 Å². The van der Waals surface area contributed by atoms with Gasteiger partial charge < -0.3 is 9.84 Å². The molecular formula is C30H27ClN2O4S. The van der Waals surface area contributed by atoms with Crippen molar-refractivity contribution >= 4 is 55.7 Å². The number of amides is 1. The Morgan fingerprint density at radius 3 is 2.50 bits per heavy atom. The number of unbranched alkanes of at least 4 members (excludes halogenated alkanes) is 2. The molecule has 1 saturated heterocycles. The van der Waals surface area contributed by atoms with E-state index in [-0.39, 0.29) is 11.3 Å². The summed E-state index contributed by atoms with van der Waals surface area (Å²) < 4.78 is 6.65. The Morgan fingerprint density at radius 2 is 1.79 bits per heavy atom. The number of benzene rings is 3. The third-order valence-corrected chi connectivity index (χ3v) is 7.78. The van der Waals surface area contributed by atoms with Crippen molar-refractivity contribution in [2.45, 2.75) is 39.2 Å². The summed E-state index contributed by atoms with van der Waals surface area (Å²) in [7, 11) is 0. The molecule has 1 N–H and O–H groups in total. The van der Waals surface area contributed by atoms with Gasteiger partial charge in [-0.3, -0.25) is 14.5 Å². The number of fused-ring (bicyclic) bond motifs is 1.